The first-order valence-electron chi connectivity index (χ1n) is 8.92. The summed E-state index contributed by atoms with van der Waals surface area (Å²) in [6, 6.07) is 9.88. The standard InChI is InChI=1S/C19H24N4O2S/c1-13-9-20-21-19(14(13)2)22-10-16-11-23(26(3,24)25)18(17(16)12-22)15-7-5-4-6-8-15/h4-9,16-18H,10-12H2,1-3H3/t16-,17-,18+/m1/s1. The normalized spacial score (nSPS) is 26.3. The van der Waals surface area contributed by atoms with Gasteiger partial charge in [-0.2, -0.15) is 9.40 Å². The molecule has 0 spiro atoms. The van der Waals surface area contributed by atoms with Crippen molar-refractivity contribution in [3.05, 3.63) is 53.2 Å². The SMILES string of the molecule is Cc1cnnc(N2C[C@@H]3CN(S(C)(=O)=O)[C@@H](c4ccccc4)[C@@H]3C2)c1C. The molecule has 4 rings (SSSR count). The highest BCUT2D eigenvalue weighted by Gasteiger charge is 2.50. The Morgan fingerprint density at radius 1 is 1.08 bits per heavy atom. The van der Waals surface area contributed by atoms with Gasteiger partial charge in [-0.1, -0.05) is 30.3 Å². The van der Waals surface area contributed by atoms with Crippen LogP contribution in [-0.2, 0) is 10.0 Å². The van der Waals surface area contributed by atoms with Crippen LogP contribution in [-0.4, -0.2) is 48.8 Å². The quantitative estimate of drug-likeness (QED) is 0.826. The van der Waals surface area contributed by atoms with Gasteiger partial charge in [0.1, 0.15) is 0 Å². The largest absolute Gasteiger partial charge is 0.354 e. The second-order valence-corrected chi connectivity index (χ2v) is 9.43. The first kappa shape index (κ1) is 17.4. The Morgan fingerprint density at radius 2 is 1.81 bits per heavy atom. The summed E-state index contributed by atoms with van der Waals surface area (Å²) in [5.74, 6) is 1.49. The zero-order valence-electron chi connectivity index (χ0n) is 15.3. The van der Waals surface area contributed by atoms with E-state index in [1.807, 2.05) is 37.3 Å². The van der Waals surface area contributed by atoms with Crippen LogP contribution >= 0.6 is 0 Å². The van der Waals surface area contributed by atoms with E-state index in [4.69, 9.17) is 0 Å². The monoisotopic (exact) mass is 372 g/mol. The Balaban J connectivity index is 1.68. The van der Waals surface area contributed by atoms with Crippen molar-refractivity contribution in [2.45, 2.75) is 19.9 Å². The molecule has 0 radical (unpaired) electrons. The van der Waals surface area contributed by atoms with Gasteiger partial charge in [-0.25, -0.2) is 8.42 Å². The summed E-state index contributed by atoms with van der Waals surface area (Å²) in [5, 5.41) is 8.48. The van der Waals surface area contributed by atoms with E-state index in [-0.39, 0.29) is 12.0 Å². The van der Waals surface area contributed by atoms with Crippen LogP contribution in [0.2, 0.25) is 0 Å². The Morgan fingerprint density at radius 3 is 2.50 bits per heavy atom. The van der Waals surface area contributed by atoms with Crippen LogP contribution in [0.5, 0.6) is 0 Å². The molecule has 2 saturated heterocycles. The summed E-state index contributed by atoms with van der Waals surface area (Å²) in [7, 11) is -3.25. The predicted octanol–water partition coefficient (Wildman–Crippen LogP) is 2.16. The third-order valence-corrected chi connectivity index (χ3v) is 7.05. The van der Waals surface area contributed by atoms with Gasteiger partial charge >= 0.3 is 0 Å². The van der Waals surface area contributed by atoms with E-state index in [9.17, 15) is 8.42 Å². The summed E-state index contributed by atoms with van der Waals surface area (Å²) < 4.78 is 26.5. The van der Waals surface area contributed by atoms with Gasteiger partial charge in [0.25, 0.3) is 0 Å². The van der Waals surface area contributed by atoms with Gasteiger partial charge in [0.15, 0.2) is 5.82 Å². The molecular formula is C19H24N4O2S. The van der Waals surface area contributed by atoms with E-state index in [0.29, 0.717) is 12.5 Å². The van der Waals surface area contributed by atoms with Crippen molar-refractivity contribution in [1.29, 1.82) is 0 Å². The van der Waals surface area contributed by atoms with Crippen LogP contribution in [0.25, 0.3) is 0 Å². The van der Waals surface area contributed by atoms with Gasteiger partial charge < -0.3 is 4.90 Å². The number of sulfonamides is 1. The minimum absolute atomic E-state index is 0.112. The molecule has 0 unspecified atom stereocenters. The van der Waals surface area contributed by atoms with Crippen LogP contribution in [0.4, 0.5) is 5.82 Å². The molecule has 3 heterocycles. The van der Waals surface area contributed by atoms with Crippen LogP contribution in [0, 0.1) is 25.7 Å². The molecule has 0 amide bonds. The lowest BCUT2D eigenvalue weighted by Crippen LogP contribution is -2.35. The molecular weight excluding hydrogens is 348 g/mol. The van der Waals surface area contributed by atoms with Gasteiger partial charge in [0.05, 0.1) is 18.5 Å². The molecule has 2 aromatic rings. The highest BCUT2D eigenvalue weighted by Crippen LogP contribution is 2.47. The highest BCUT2D eigenvalue weighted by atomic mass is 32.2. The molecule has 7 heteroatoms. The maximum absolute atomic E-state index is 12.4. The number of benzene rings is 1. The zero-order chi connectivity index (χ0) is 18.5. The number of rotatable bonds is 3. The summed E-state index contributed by atoms with van der Waals surface area (Å²) in [6.45, 7) is 6.31. The molecule has 26 heavy (non-hydrogen) atoms. The maximum Gasteiger partial charge on any atom is 0.211 e. The third-order valence-electron chi connectivity index (χ3n) is 5.82. The smallest absolute Gasteiger partial charge is 0.211 e. The van der Waals surface area contributed by atoms with Crippen LogP contribution in [0.1, 0.15) is 22.7 Å². The molecule has 0 bridgehead atoms. The third kappa shape index (κ3) is 2.89. The summed E-state index contributed by atoms with van der Waals surface area (Å²) in [5.41, 5.74) is 3.35. The van der Waals surface area contributed by atoms with Gasteiger partial charge in [-0.05, 0) is 36.5 Å². The van der Waals surface area contributed by atoms with E-state index in [1.165, 1.54) is 6.26 Å². The topological polar surface area (TPSA) is 66.4 Å². The van der Waals surface area contributed by atoms with Crippen molar-refractivity contribution in [2.75, 3.05) is 30.8 Å². The Labute approximate surface area is 154 Å². The Bertz CT molecular complexity index is 916. The number of nitrogens with zero attached hydrogens (tertiary/aromatic N) is 4. The van der Waals surface area contributed by atoms with Gasteiger partial charge in [-0.3, -0.25) is 0 Å². The van der Waals surface area contributed by atoms with E-state index in [1.54, 1.807) is 10.5 Å². The lowest BCUT2D eigenvalue weighted by Gasteiger charge is -2.28. The molecule has 0 saturated carbocycles. The number of fused-ring (bicyclic) bond motifs is 1. The molecule has 2 aliphatic heterocycles. The van der Waals surface area contributed by atoms with Crippen molar-refractivity contribution in [3.63, 3.8) is 0 Å². The lowest BCUT2D eigenvalue weighted by atomic mass is 9.90. The van der Waals surface area contributed by atoms with E-state index < -0.39 is 10.0 Å². The highest BCUT2D eigenvalue weighted by molar-refractivity contribution is 7.88. The minimum atomic E-state index is -3.25. The van der Waals surface area contributed by atoms with Gasteiger partial charge in [0, 0.05) is 25.6 Å². The Hall–Kier alpha value is -1.99. The van der Waals surface area contributed by atoms with Crippen molar-refractivity contribution in [3.8, 4) is 0 Å². The number of hydrogen-bond donors (Lipinski definition) is 0. The number of anilines is 1. The van der Waals surface area contributed by atoms with Crippen LogP contribution < -0.4 is 4.90 Å². The molecule has 0 aliphatic carbocycles. The molecule has 0 N–H and O–H groups in total. The van der Waals surface area contributed by atoms with Crippen LogP contribution in [0.15, 0.2) is 36.5 Å². The van der Waals surface area contributed by atoms with E-state index in [2.05, 4.69) is 22.0 Å². The van der Waals surface area contributed by atoms with E-state index in [0.717, 1.165) is 35.6 Å². The lowest BCUT2D eigenvalue weighted by molar-refractivity contribution is 0.352. The van der Waals surface area contributed by atoms with Crippen molar-refractivity contribution < 1.29 is 8.42 Å². The van der Waals surface area contributed by atoms with Crippen LogP contribution in [0.3, 0.4) is 0 Å². The van der Waals surface area contributed by atoms with Crippen molar-refractivity contribution in [1.82, 2.24) is 14.5 Å². The number of aromatic nitrogens is 2. The minimum Gasteiger partial charge on any atom is -0.354 e. The first-order chi connectivity index (χ1) is 12.4. The summed E-state index contributed by atoms with van der Waals surface area (Å²) in [6.07, 6.45) is 3.10. The summed E-state index contributed by atoms with van der Waals surface area (Å²) >= 11 is 0. The maximum atomic E-state index is 12.4. The second kappa shape index (κ2) is 6.32. The van der Waals surface area contributed by atoms with Crippen molar-refractivity contribution in [2.24, 2.45) is 11.8 Å². The van der Waals surface area contributed by atoms with E-state index >= 15 is 0 Å². The molecule has 138 valence electrons. The Kier molecular flexibility index (Phi) is 4.23. The van der Waals surface area contributed by atoms with Crippen molar-refractivity contribution >= 4 is 15.8 Å². The van der Waals surface area contributed by atoms with Gasteiger partial charge in [0.2, 0.25) is 10.0 Å². The molecule has 1 aromatic carbocycles. The fourth-order valence-electron chi connectivity index (χ4n) is 4.40. The summed E-state index contributed by atoms with van der Waals surface area (Å²) in [4.78, 5) is 2.28. The predicted molar refractivity (Wildman–Crippen MR) is 101 cm³/mol. The number of hydrogen-bond acceptors (Lipinski definition) is 5. The average molecular weight is 372 g/mol. The second-order valence-electron chi connectivity index (χ2n) is 7.49. The number of aryl methyl sites for hydroxylation is 1. The fourth-order valence-corrected chi connectivity index (χ4v) is 5.56. The molecule has 6 nitrogen and oxygen atoms in total. The van der Waals surface area contributed by atoms with Gasteiger partial charge in [-0.15, -0.1) is 5.10 Å². The molecule has 2 aliphatic rings. The molecule has 1 aromatic heterocycles. The first-order valence-corrected chi connectivity index (χ1v) is 10.8. The molecule has 2 fully saturated rings. The fraction of sp³-hybridized carbons (Fsp3) is 0.474. The zero-order valence-corrected chi connectivity index (χ0v) is 16.1. The average Bonchev–Trinajstić information content (AvgIpc) is 3.15. The molecule has 3 atom stereocenters.